The highest BCUT2D eigenvalue weighted by atomic mass is 79.9. The predicted molar refractivity (Wildman–Crippen MR) is 64.2 cm³/mol. The highest BCUT2D eigenvalue weighted by Crippen LogP contribution is 2.17. The Labute approximate surface area is 94.0 Å². The Hall–Kier alpha value is -0.380. The standard InChI is InChI=1S/C11H17BrN2/c1-8-3-4-11(12)10(5-8)7-14-9(2)6-13/h3-5,9,14H,6-7,13H2,1-2H3/t9-/m1/s1. The van der Waals surface area contributed by atoms with Gasteiger partial charge in [-0.1, -0.05) is 33.6 Å². The maximum atomic E-state index is 5.53. The lowest BCUT2D eigenvalue weighted by atomic mass is 10.1. The molecular formula is C11H17BrN2. The normalized spacial score (nSPS) is 12.9. The van der Waals surface area contributed by atoms with E-state index in [0.29, 0.717) is 12.6 Å². The summed E-state index contributed by atoms with van der Waals surface area (Å²) in [5, 5.41) is 3.36. The highest BCUT2D eigenvalue weighted by Gasteiger charge is 2.02. The second-order valence-corrected chi connectivity index (χ2v) is 4.47. The summed E-state index contributed by atoms with van der Waals surface area (Å²) in [5.41, 5.74) is 8.10. The Bertz CT molecular complexity index is 299. The minimum absolute atomic E-state index is 0.363. The van der Waals surface area contributed by atoms with Gasteiger partial charge in [-0.15, -0.1) is 0 Å². The first-order valence-electron chi connectivity index (χ1n) is 4.82. The van der Waals surface area contributed by atoms with E-state index < -0.39 is 0 Å². The molecule has 14 heavy (non-hydrogen) atoms. The number of benzene rings is 1. The molecular weight excluding hydrogens is 240 g/mol. The lowest BCUT2D eigenvalue weighted by molar-refractivity contribution is 0.555. The van der Waals surface area contributed by atoms with Gasteiger partial charge in [0.25, 0.3) is 0 Å². The lowest BCUT2D eigenvalue weighted by Gasteiger charge is -2.12. The fourth-order valence-electron chi connectivity index (χ4n) is 1.21. The minimum atomic E-state index is 0.363. The van der Waals surface area contributed by atoms with Gasteiger partial charge in [-0.2, -0.15) is 0 Å². The molecule has 0 saturated heterocycles. The summed E-state index contributed by atoms with van der Waals surface area (Å²) in [6.07, 6.45) is 0. The Kier molecular flexibility index (Phi) is 4.58. The third-order valence-corrected chi connectivity index (χ3v) is 2.97. The van der Waals surface area contributed by atoms with Crippen molar-refractivity contribution < 1.29 is 0 Å². The van der Waals surface area contributed by atoms with Crippen LogP contribution in [0.5, 0.6) is 0 Å². The molecule has 2 nitrogen and oxygen atoms in total. The number of nitrogens with two attached hydrogens (primary N) is 1. The summed E-state index contributed by atoms with van der Waals surface area (Å²) in [6, 6.07) is 6.72. The van der Waals surface area contributed by atoms with Crippen LogP contribution in [-0.4, -0.2) is 12.6 Å². The molecule has 1 aromatic rings. The predicted octanol–water partition coefficient (Wildman–Crippen LogP) is 2.19. The van der Waals surface area contributed by atoms with Crippen molar-refractivity contribution in [2.24, 2.45) is 5.73 Å². The Morgan fingerprint density at radius 3 is 2.86 bits per heavy atom. The third-order valence-electron chi connectivity index (χ3n) is 2.20. The molecule has 3 N–H and O–H groups in total. The molecule has 1 rings (SSSR count). The highest BCUT2D eigenvalue weighted by molar-refractivity contribution is 9.10. The van der Waals surface area contributed by atoms with Gasteiger partial charge >= 0.3 is 0 Å². The average molecular weight is 257 g/mol. The van der Waals surface area contributed by atoms with Crippen LogP contribution in [0.2, 0.25) is 0 Å². The molecule has 0 fully saturated rings. The summed E-state index contributed by atoms with van der Waals surface area (Å²) in [7, 11) is 0. The van der Waals surface area contributed by atoms with Crippen molar-refractivity contribution in [1.82, 2.24) is 5.32 Å². The second-order valence-electron chi connectivity index (χ2n) is 3.61. The number of nitrogens with one attached hydrogen (secondary N) is 1. The molecule has 0 aliphatic rings. The largest absolute Gasteiger partial charge is 0.329 e. The first kappa shape index (κ1) is 11.7. The molecule has 1 atom stereocenters. The molecule has 0 heterocycles. The molecule has 1 aromatic carbocycles. The topological polar surface area (TPSA) is 38.0 Å². The summed E-state index contributed by atoms with van der Waals surface area (Å²) >= 11 is 3.53. The van der Waals surface area contributed by atoms with E-state index in [1.165, 1.54) is 11.1 Å². The van der Waals surface area contributed by atoms with Crippen LogP contribution in [-0.2, 0) is 6.54 Å². The van der Waals surface area contributed by atoms with Gasteiger partial charge < -0.3 is 11.1 Å². The van der Waals surface area contributed by atoms with Crippen molar-refractivity contribution in [3.05, 3.63) is 33.8 Å². The molecule has 0 aliphatic heterocycles. The van der Waals surface area contributed by atoms with E-state index in [1.807, 2.05) is 0 Å². The first-order chi connectivity index (χ1) is 6.63. The zero-order chi connectivity index (χ0) is 10.6. The molecule has 0 radical (unpaired) electrons. The molecule has 78 valence electrons. The molecule has 0 bridgehead atoms. The molecule has 0 amide bonds. The van der Waals surface area contributed by atoms with Crippen LogP contribution in [0, 0.1) is 6.92 Å². The van der Waals surface area contributed by atoms with Crippen molar-refractivity contribution >= 4 is 15.9 Å². The Morgan fingerprint density at radius 1 is 1.50 bits per heavy atom. The number of hydrogen-bond donors (Lipinski definition) is 2. The Balaban J connectivity index is 2.62. The number of rotatable bonds is 4. The fraction of sp³-hybridized carbons (Fsp3) is 0.455. The van der Waals surface area contributed by atoms with E-state index in [4.69, 9.17) is 5.73 Å². The van der Waals surface area contributed by atoms with Crippen LogP contribution < -0.4 is 11.1 Å². The maximum Gasteiger partial charge on any atom is 0.0220 e. The van der Waals surface area contributed by atoms with Crippen molar-refractivity contribution in [1.29, 1.82) is 0 Å². The van der Waals surface area contributed by atoms with Gasteiger partial charge in [0.1, 0.15) is 0 Å². The van der Waals surface area contributed by atoms with Crippen molar-refractivity contribution in [3.63, 3.8) is 0 Å². The van der Waals surface area contributed by atoms with Crippen LogP contribution in [0.15, 0.2) is 22.7 Å². The van der Waals surface area contributed by atoms with E-state index >= 15 is 0 Å². The summed E-state index contributed by atoms with van der Waals surface area (Å²) < 4.78 is 1.15. The van der Waals surface area contributed by atoms with E-state index in [0.717, 1.165) is 11.0 Å². The Morgan fingerprint density at radius 2 is 2.21 bits per heavy atom. The summed E-state index contributed by atoms with van der Waals surface area (Å²) in [4.78, 5) is 0. The molecule has 3 heteroatoms. The summed E-state index contributed by atoms with van der Waals surface area (Å²) in [6.45, 7) is 5.72. The van der Waals surface area contributed by atoms with Gasteiger partial charge in [0.05, 0.1) is 0 Å². The van der Waals surface area contributed by atoms with E-state index in [-0.39, 0.29) is 0 Å². The van der Waals surface area contributed by atoms with E-state index in [2.05, 4.69) is 53.3 Å². The van der Waals surface area contributed by atoms with Gasteiger partial charge in [0.15, 0.2) is 0 Å². The molecule has 0 spiro atoms. The van der Waals surface area contributed by atoms with Gasteiger partial charge in [-0.05, 0) is 25.5 Å². The monoisotopic (exact) mass is 256 g/mol. The zero-order valence-electron chi connectivity index (χ0n) is 8.68. The lowest BCUT2D eigenvalue weighted by Crippen LogP contribution is -2.32. The third kappa shape index (κ3) is 3.40. The van der Waals surface area contributed by atoms with E-state index in [9.17, 15) is 0 Å². The molecule has 0 aliphatic carbocycles. The SMILES string of the molecule is Cc1ccc(Br)c(CN[C@H](C)CN)c1. The van der Waals surface area contributed by atoms with Crippen LogP contribution in [0.25, 0.3) is 0 Å². The first-order valence-corrected chi connectivity index (χ1v) is 5.61. The van der Waals surface area contributed by atoms with Gasteiger partial charge in [0, 0.05) is 23.6 Å². The van der Waals surface area contributed by atoms with Gasteiger partial charge in [-0.25, -0.2) is 0 Å². The molecule has 0 unspecified atom stereocenters. The summed E-state index contributed by atoms with van der Waals surface area (Å²) in [5.74, 6) is 0. The second kappa shape index (κ2) is 5.49. The molecule has 0 saturated carbocycles. The van der Waals surface area contributed by atoms with Crippen LogP contribution in [0.1, 0.15) is 18.1 Å². The fourth-order valence-corrected chi connectivity index (χ4v) is 1.59. The van der Waals surface area contributed by atoms with E-state index in [1.54, 1.807) is 0 Å². The van der Waals surface area contributed by atoms with Crippen LogP contribution in [0.3, 0.4) is 0 Å². The smallest absolute Gasteiger partial charge is 0.0220 e. The van der Waals surface area contributed by atoms with Crippen molar-refractivity contribution in [2.75, 3.05) is 6.54 Å². The average Bonchev–Trinajstić information content (AvgIpc) is 2.19. The zero-order valence-corrected chi connectivity index (χ0v) is 10.3. The number of aryl methyl sites for hydroxylation is 1. The van der Waals surface area contributed by atoms with Crippen LogP contribution >= 0.6 is 15.9 Å². The number of halogens is 1. The molecule has 0 aromatic heterocycles. The van der Waals surface area contributed by atoms with Gasteiger partial charge in [0.2, 0.25) is 0 Å². The minimum Gasteiger partial charge on any atom is -0.329 e. The van der Waals surface area contributed by atoms with Crippen LogP contribution in [0.4, 0.5) is 0 Å². The quantitative estimate of drug-likeness (QED) is 0.867. The van der Waals surface area contributed by atoms with Gasteiger partial charge in [-0.3, -0.25) is 0 Å². The van der Waals surface area contributed by atoms with Crippen molar-refractivity contribution in [3.8, 4) is 0 Å². The number of hydrogen-bond acceptors (Lipinski definition) is 2. The maximum absolute atomic E-state index is 5.53. The van der Waals surface area contributed by atoms with Crippen molar-refractivity contribution in [2.45, 2.75) is 26.4 Å².